The summed E-state index contributed by atoms with van der Waals surface area (Å²) in [6.45, 7) is 1.40. The Morgan fingerprint density at radius 2 is 1.93 bits per heavy atom. The van der Waals surface area contributed by atoms with Gasteiger partial charge in [0.25, 0.3) is 16.4 Å². The number of nitrogens with zero attached hydrogens (tertiary/aromatic N) is 6. The van der Waals surface area contributed by atoms with E-state index >= 15 is 0 Å². The summed E-state index contributed by atoms with van der Waals surface area (Å²) in [5.41, 5.74) is 0.191. The Morgan fingerprint density at radius 1 is 1.25 bits per heavy atom. The molecule has 0 saturated carbocycles. The van der Waals surface area contributed by atoms with Crippen LogP contribution in [-0.2, 0) is 10.2 Å². The van der Waals surface area contributed by atoms with Crippen LogP contribution in [0, 0.1) is 0 Å². The van der Waals surface area contributed by atoms with Gasteiger partial charge in [0, 0.05) is 37.8 Å². The summed E-state index contributed by atoms with van der Waals surface area (Å²) in [6, 6.07) is 4.47. The number of hydrogen-bond donors (Lipinski definition) is 0. The second-order valence-corrected chi connectivity index (χ2v) is 9.13. The summed E-state index contributed by atoms with van der Waals surface area (Å²) in [5, 5.41) is 10.1. The van der Waals surface area contributed by atoms with Crippen molar-refractivity contribution in [2.45, 2.75) is 0 Å². The third-order valence-electron chi connectivity index (χ3n) is 4.11. The summed E-state index contributed by atoms with van der Waals surface area (Å²) in [5.74, 6) is -0.591. The number of halogens is 2. The van der Waals surface area contributed by atoms with E-state index in [-0.39, 0.29) is 16.5 Å². The van der Waals surface area contributed by atoms with E-state index in [0.717, 1.165) is 0 Å². The van der Waals surface area contributed by atoms with Crippen LogP contribution in [0.5, 0.6) is 0 Å². The SMILES string of the molecule is CN(C)S(=O)(=O)N1CCN([n+]2cc([N-]C(=O)c3ccc(Cl)cc3Cl)on2)CC1. The lowest BCUT2D eigenvalue weighted by Crippen LogP contribution is -2.66. The largest absolute Gasteiger partial charge is 0.584 e. The first-order valence-electron chi connectivity index (χ1n) is 8.21. The van der Waals surface area contributed by atoms with Gasteiger partial charge < -0.3 is 14.6 Å². The van der Waals surface area contributed by atoms with E-state index in [0.29, 0.717) is 31.2 Å². The van der Waals surface area contributed by atoms with E-state index < -0.39 is 16.1 Å². The first-order valence-corrected chi connectivity index (χ1v) is 10.4. The topological polar surface area (TPSA) is 105 Å². The highest BCUT2D eigenvalue weighted by atomic mass is 35.5. The summed E-state index contributed by atoms with van der Waals surface area (Å²) >= 11 is 11.8. The van der Waals surface area contributed by atoms with Crippen molar-refractivity contribution in [3.05, 3.63) is 45.3 Å². The zero-order chi connectivity index (χ0) is 20.5. The maximum absolute atomic E-state index is 12.3. The molecule has 2 aromatic rings. The van der Waals surface area contributed by atoms with Gasteiger partial charge >= 0.3 is 0 Å². The molecule has 28 heavy (non-hydrogen) atoms. The Hall–Kier alpha value is -1.92. The molecular formula is C15H18Cl2N6O4S. The Bertz CT molecular complexity index is 973. The van der Waals surface area contributed by atoms with Crippen molar-refractivity contribution in [1.82, 2.24) is 13.9 Å². The predicted octanol–water partition coefficient (Wildman–Crippen LogP) is 1.17. The van der Waals surface area contributed by atoms with Gasteiger partial charge in [0.1, 0.15) is 5.88 Å². The molecule has 1 aromatic heterocycles. The zero-order valence-electron chi connectivity index (χ0n) is 15.1. The number of rotatable bonds is 5. The minimum atomic E-state index is -3.45. The highest BCUT2D eigenvalue weighted by Gasteiger charge is 2.32. The predicted molar refractivity (Wildman–Crippen MR) is 103 cm³/mol. The third kappa shape index (κ3) is 4.39. The molecule has 13 heteroatoms. The maximum Gasteiger partial charge on any atom is 0.281 e. The van der Waals surface area contributed by atoms with E-state index in [9.17, 15) is 13.2 Å². The molecule has 152 valence electrons. The number of piperazine rings is 1. The highest BCUT2D eigenvalue weighted by Crippen LogP contribution is 2.26. The molecule has 0 radical (unpaired) electrons. The normalized spacial score (nSPS) is 15.8. The fourth-order valence-corrected chi connectivity index (χ4v) is 4.16. The van der Waals surface area contributed by atoms with Crippen molar-refractivity contribution in [2.75, 3.05) is 45.3 Å². The van der Waals surface area contributed by atoms with Gasteiger partial charge in [-0.05, 0) is 12.1 Å². The second kappa shape index (κ2) is 8.21. The van der Waals surface area contributed by atoms with Gasteiger partial charge in [0.15, 0.2) is 0 Å². The standard InChI is InChI=1S/C15H18Cl2N6O4S/c1-20(2)28(25,26)22-7-5-21(6-8-22)23-10-14(27-19-23)18-15(24)12-4-3-11(16)9-13(12)17/h3-4,9-10H,5-8H2,1-2H3. The molecule has 0 atom stereocenters. The van der Waals surface area contributed by atoms with Crippen molar-refractivity contribution in [1.29, 1.82) is 0 Å². The lowest BCUT2D eigenvalue weighted by Gasteiger charge is -2.31. The molecule has 1 aromatic carbocycles. The lowest BCUT2D eigenvalue weighted by molar-refractivity contribution is -0.759. The molecule has 0 spiro atoms. The van der Waals surface area contributed by atoms with Gasteiger partial charge in [-0.25, -0.2) is 0 Å². The van der Waals surface area contributed by atoms with Gasteiger partial charge in [0.05, 0.1) is 28.8 Å². The van der Waals surface area contributed by atoms with Crippen LogP contribution in [0.4, 0.5) is 5.88 Å². The minimum Gasteiger partial charge on any atom is -0.584 e. The number of carbonyl (C=O) groups is 1. The molecule has 1 aliphatic rings. The quantitative estimate of drug-likeness (QED) is 0.635. The molecule has 1 fully saturated rings. The lowest BCUT2D eigenvalue weighted by atomic mass is 10.2. The number of aromatic nitrogens is 2. The fourth-order valence-electron chi connectivity index (χ4n) is 2.58. The fraction of sp³-hybridized carbons (Fsp3) is 0.400. The smallest absolute Gasteiger partial charge is 0.281 e. The van der Waals surface area contributed by atoms with Crippen LogP contribution < -0.4 is 9.80 Å². The minimum absolute atomic E-state index is 0.000593. The van der Waals surface area contributed by atoms with E-state index in [2.05, 4.69) is 10.6 Å². The molecular weight excluding hydrogens is 431 g/mol. The molecule has 10 nitrogen and oxygen atoms in total. The molecule has 0 N–H and O–H groups in total. The molecule has 0 unspecified atom stereocenters. The van der Waals surface area contributed by atoms with Gasteiger partial charge in [-0.3, -0.25) is 0 Å². The summed E-state index contributed by atoms with van der Waals surface area (Å²) in [7, 11) is -0.468. The van der Waals surface area contributed by atoms with Crippen LogP contribution in [-0.4, -0.2) is 68.5 Å². The van der Waals surface area contributed by atoms with Crippen LogP contribution in [0.1, 0.15) is 10.4 Å². The molecule has 0 aliphatic carbocycles. The Labute approximate surface area is 172 Å². The Kier molecular flexibility index (Phi) is 6.10. The average molecular weight is 449 g/mol. The van der Waals surface area contributed by atoms with Gasteiger partial charge in [0.2, 0.25) is 5.27 Å². The van der Waals surface area contributed by atoms with Crippen LogP contribution in [0.25, 0.3) is 5.32 Å². The number of amides is 1. The van der Waals surface area contributed by atoms with Crippen LogP contribution in [0.2, 0.25) is 10.0 Å². The van der Waals surface area contributed by atoms with Gasteiger partial charge in [-0.15, -0.1) is 0 Å². The molecule has 1 saturated heterocycles. The first kappa shape index (κ1) is 20.8. The number of benzene rings is 1. The van der Waals surface area contributed by atoms with Crippen molar-refractivity contribution in [2.24, 2.45) is 0 Å². The van der Waals surface area contributed by atoms with E-state index in [4.69, 9.17) is 27.7 Å². The molecule has 1 aliphatic heterocycles. The molecule has 3 rings (SSSR count). The van der Waals surface area contributed by atoms with Gasteiger partial charge in [-0.2, -0.15) is 22.0 Å². The second-order valence-electron chi connectivity index (χ2n) is 6.14. The molecule has 0 bridgehead atoms. The van der Waals surface area contributed by atoms with Crippen molar-refractivity contribution in [3.63, 3.8) is 0 Å². The van der Waals surface area contributed by atoms with Crippen molar-refractivity contribution >= 4 is 45.2 Å². The molecule has 1 amide bonds. The van der Waals surface area contributed by atoms with Crippen LogP contribution >= 0.6 is 23.2 Å². The van der Waals surface area contributed by atoms with Gasteiger partial charge in [-0.1, -0.05) is 29.3 Å². The zero-order valence-corrected chi connectivity index (χ0v) is 17.4. The van der Waals surface area contributed by atoms with E-state index in [1.54, 1.807) is 5.01 Å². The highest BCUT2D eigenvalue weighted by molar-refractivity contribution is 7.86. The maximum atomic E-state index is 12.3. The average Bonchev–Trinajstić information content (AvgIpc) is 3.10. The van der Waals surface area contributed by atoms with E-state index in [1.165, 1.54) is 51.9 Å². The monoisotopic (exact) mass is 448 g/mol. The number of carbonyl (C=O) groups excluding carboxylic acids is 1. The third-order valence-corrected chi connectivity index (χ3v) is 6.60. The van der Waals surface area contributed by atoms with Crippen LogP contribution in [0.15, 0.2) is 28.9 Å². The van der Waals surface area contributed by atoms with Crippen molar-refractivity contribution < 1.29 is 22.5 Å². The molecule has 2 heterocycles. The van der Waals surface area contributed by atoms with Crippen LogP contribution in [0.3, 0.4) is 0 Å². The first-order chi connectivity index (χ1) is 13.2. The van der Waals surface area contributed by atoms with Crippen molar-refractivity contribution in [3.8, 4) is 0 Å². The Morgan fingerprint density at radius 3 is 2.54 bits per heavy atom. The number of hydrogen-bond acceptors (Lipinski definition) is 6. The Balaban J connectivity index is 1.63. The summed E-state index contributed by atoms with van der Waals surface area (Å²) < 4.78 is 32.0. The summed E-state index contributed by atoms with van der Waals surface area (Å²) in [6.07, 6.45) is 1.44. The van der Waals surface area contributed by atoms with E-state index in [1.807, 2.05) is 0 Å². The summed E-state index contributed by atoms with van der Waals surface area (Å²) in [4.78, 5) is 13.7.